The van der Waals surface area contributed by atoms with Crippen LogP contribution in [-0.4, -0.2) is 19.9 Å². The van der Waals surface area contributed by atoms with E-state index in [1.165, 1.54) is 44.5 Å². The summed E-state index contributed by atoms with van der Waals surface area (Å²) in [5, 5.41) is 0. The fourth-order valence-corrected chi connectivity index (χ4v) is 18.4. The molecule has 18 aromatic rings. The second kappa shape index (κ2) is 26.0. The van der Waals surface area contributed by atoms with Crippen LogP contribution in [0.3, 0.4) is 0 Å². The van der Waals surface area contributed by atoms with Crippen LogP contribution < -0.4 is 9.47 Å². The van der Waals surface area contributed by atoms with E-state index < -0.39 is 10.8 Å². The molecule has 0 fully saturated rings. The van der Waals surface area contributed by atoms with Gasteiger partial charge in [-0.1, -0.05) is 346 Å². The number of nitrogens with zero attached hydrogens (tertiary/aromatic N) is 4. The van der Waals surface area contributed by atoms with Gasteiger partial charge in [-0.15, -0.1) is 0 Å². The average Bonchev–Trinajstić information content (AvgIpc) is 1.36. The first-order valence-electron chi connectivity index (χ1n) is 38.2. The van der Waals surface area contributed by atoms with E-state index in [1.54, 1.807) is 0 Å². The van der Waals surface area contributed by atoms with Gasteiger partial charge in [0.05, 0.1) is 33.6 Å². The first-order valence-corrected chi connectivity index (χ1v) is 38.2. The van der Waals surface area contributed by atoms with Gasteiger partial charge in [-0.25, -0.2) is 19.9 Å². The minimum Gasteiger partial charge on any atom is -0.456 e. The zero-order valence-corrected chi connectivity index (χ0v) is 60.7. The molecule has 522 valence electrons. The molecule has 0 bridgehead atoms. The largest absolute Gasteiger partial charge is 0.456 e. The van der Waals surface area contributed by atoms with Crippen LogP contribution in [0.1, 0.15) is 44.5 Å². The second-order valence-corrected chi connectivity index (χ2v) is 29.3. The normalized spacial score (nSPS) is 13.1. The van der Waals surface area contributed by atoms with Crippen LogP contribution in [0, 0.1) is 0 Å². The Balaban J connectivity index is 0.626. The summed E-state index contributed by atoms with van der Waals surface area (Å²) in [5.41, 5.74) is 32.7. The molecule has 4 heterocycles. The van der Waals surface area contributed by atoms with E-state index >= 15 is 0 Å². The Morgan fingerprint density at radius 1 is 0.161 bits per heavy atom. The van der Waals surface area contributed by atoms with Gasteiger partial charge in [-0.05, 0) is 144 Å². The van der Waals surface area contributed by atoms with Crippen LogP contribution in [0.25, 0.3) is 146 Å². The number of fused-ring (bicyclic) bond motifs is 18. The summed E-state index contributed by atoms with van der Waals surface area (Å²) in [7, 11) is 0. The van der Waals surface area contributed by atoms with Crippen LogP contribution in [0.4, 0.5) is 0 Å². The lowest BCUT2D eigenvalue weighted by Gasteiger charge is -2.40. The number of para-hydroxylation sites is 3. The highest BCUT2D eigenvalue weighted by Crippen LogP contribution is 2.66. The van der Waals surface area contributed by atoms with Crippen molar-refractivity contribution in [1.82, 2.24) is 19.9 Å². The average molecular weight is 1430 g/mol. The lowest BCUT2D eigenvalue weighted by molar-refractivity contribution is 0.438. The molecular weight excluding hydrogens is 1360 g/mol. The van der Waals surface area contributed by atoms with E-state index in [0.717, 1.165) is 157 Å². The van der Waals surface area contributed by atoms with Crippen molar-refractivity contribution in [2.45, 2.75) is 10.8 Å². The molecule has 0 N–H and O–H groups in total. The van der Waals surface area contributed by atoms with Crippen molar-refractivity contribution in [1.29, 1.82) is 0 Å². The van der Waals surface area contributed by atoms with Crippen LogP contribution >= 0.6 is 0 Å². The summed E-state index contributed by atoms with van der Waals surface area (Å²) in [6.07, 6.45) is 0. The molecule has 6 heteroatoms. The summed E-state index contributed by atoms with van der Waals surface area (Å²) in [4.78, 5) is 21.4. The summed E-state index contributed by atoms with van der Waals surface area (Å²) in [5.74, 6) is 4.63. The molecule has 0 atom stereocenters. The van der Waals surface area contributed by atoms with Crippen molar-refractivity contribution in [3.8, 4) is 169 Å². The zero-order chi connectivity index (χ0) is 73.9. The van der Waals surface area contributed by atoms with Gasteiger partial charge in [0.15, 0.2) is 11.6 Å². The Kier molecular flexibility index (Phi) is 15.0. The number of aromatic nitrogens is 4. The number of ether oxygens (including phenoxy) is 2. The van der Waals surface area contributed by atoms with E-state index in [-0.39, 0.29) is 0 Å². The van der Waals surface area contributed by atoms with Crippen LogP contribution in [0.2, 0.25) is 0 Å². The fourth-order valence-electron chi connectivity index (χ4n) is 18.4. The van der Waals surface area contributed by atoms with Crippen molar-refractivity contribution < 1.29 is 9.47 Å². The minimum absolute atomic E-state index is 0.583. The molecule has 22 rings (SSSR count). The molecule has 0 unspecified atom stereocenters. The van der Waals surface area contributed by atoms with E-state index in [2.05, 4.69) is 364 Å². The van der Waals surface area contributed by atoms with Gasteiger partial charge in [0, 0.05) is 66.8 Å². The third kappa shape index (κ3) is 10.2. The van der Waals surface area contributed by atoms with Gasteiger partial charge in [0.1, 0.15) is 23.0 Å². The topological polar surface area (TPSA) is 70.0 Å². The SMILES string of the molecule is c1ccc(-c2nc(-c3cccc(-c4cccc(-c5ccc6c(c5)C5(c7ccccc7-c7ccccc75)c5cccc(-c7cccc(-c8cc(-c9ccccc9-c9ccccc9)nc(-c9ccccc9)n8)c7)c5O6)c4)c3)cc(-c3cccc(-c4cccc5c4Oc4ccccc4C54c5ccccc5-c5ccccc54)c3)n2)cc1. The molecule has 0 amide bonds. The van der Waals surface area contributed by atoms with Gasteiger partial charge >= 0.3 is 0 Å². The molecule has 6 nitrogen and oxygen atoms in total. The van der Waals surface area contributed by atoms with Crippen molar-refractivity contribution in [2.24, 2.45) is 0 Å². The molecule has 4 aliphatic rings. The van der Waals surface area contributed by atoms with Crippen molar-refractivity contribution in [3.05, 3.63) is 445 Å². The molecule has 2 aliphatic heterocycles. The van der Waals surface area contributed by atoms with Gasteiger partial charge < -0.3 is 9.47 Å². The number of rotatable bonds is 11. The molecule has 2 spiro atoms. The second-order valence-electron chi connectivity index (χ2n) is 29.3. The zero-order valence-electron chi connectivity index (χ0n) is 60.7. The van der Waals surface area contributed by atoms with Crippen molar-refractivity contribution >= 4 is 0 Å². The third-order valence-electron chi connectivity index (χ3n) is 23.3. The monoisotopic (exact) mass is 1430 g/mol. The lowest BCUT2D eigenvalue weighted by Crippen LogP contribution is -2.32. The Morgan fingerprint density at radius 2 is 0.455 bits per heavy atom. The van der Waals surface area contributed by atoms with Crippen molar-refractivity contribution in [2.75, 3.05) is 0 Å². The predicted molar refractivity (Wildman–Crippen MR) is 452 cm³/mol. The maximum Gasteiger partial charge on any atom is 0.160 e. The number of hydrogen-bond donors (Lipinski definition) is 0. The van der Waals surface area contributed by atoms with Gasteiger partial charge in [0.25, 0.3) is 0 Å². The number of hydrogen-bond acceptors (Lipinski definition) is 6. The Morgan fingerprint density at radius 3 is 0.929 bits per heavy atom. The van der Waals surface area contributed by atoms with E-state index in [1.807, 2.05) is 36.4 Å². The first kappa shape index (κ1) is 64.5. The quantitative estimate of drug-likeness (QED) is 0.129. The maximum absolute atomic E-state index is 7.50. The third-order valence-corrected chi connectivity index (χ3v) is 23.3. The van der Waals surface area contributed by atoms with E-state index in [9.17, 15) is 0 Å². The molecule has 0 saturated heterocycles. The Labute approximate surface area is 649 Å². The smallest absolute Gasteiger partial charge is 0.160 e. The summed E-state index contributed by atoms with van der Waals surface area (Å²) in [6, 6.07) is 143. The Hall–Kier alpha value is -14.7. The summed E-state index contributed by atoms with van der Waals surface area (Å²) >= 11 is 0. The molecule has 0 radical (unpaired) electrons. The minimum atomic E-state index is -0.748. The molecule has 2 aromatic heterocycles. The summed E-state index contributed by atoms with van der Waals surface area (Å²) < 4.78 is 14.7. The lowest BCUT2D eigenvalue weighted by atomic mass is 9.65. The highest BCUT2D eigenvalue weighted by Gasteiger charge is 2.53. The number of benzene rings is 16. The van der Waals surface area contributed by atoms with Crippen molar-refractivity contribution in [3.63, 3.8) is 0 Å². The molecule has 112 heavy (non-hydrogen) atoms. The predicted octanol–water partition coefficient (Wildman–Crippen LogP) is 26.5. The summed E-state index contributed by atoms with van der Waals surface area (Å²) in [6.45, 7) is 0. The van der Waals surface area contributed by atoms with E-state index in [0.29, 0.717) is 11.6 Å². The fraction of sp³-hybridized carbons (Fsp3) is 0.0189. The van der Waals surface area contributed by atoms with Gasteiger partial charge in [-0.2, -0.15) is 0 Å². The first-order chi connectivity index (χ1) is 55.5. The molecule has 16 aromatic carbocycles. The van der Waals surface area contributed by atoms with Crippen LogP contribution in [0.15, 0.2) is 400 Å². The molecular formula is C106H66N4O2. The maximum atomic E-state index is 7.50. The standard InChI is InChI=1S/C106H66N4O2/c1-4-28-67(29-5-1)79-42-10-11-47-86(79)98-66-97(109-104(110-98)69-32-8-3-9-33-69)78-41-25-38-75(63-78)81-49-27-56-93-102(81)112-100-59-58-73(64-94(100)106(93)89-52-18-14-45-84(89)85-46-15-19-53-90(85)106)71-35-22-34-70(60-71)72-36-23-39-76(61-72)95-65-96(108-103(107-95)68-30-6-2-7-31-68)77-40-24-37-74(62-77)80-48-26-55-92-101(80)111-99-57-21-20-54-91(99)105(92)87-50-16-12-43-82(87)83-44-13-17-51-88(83)105/h1-66H. The molecule has 2 aliphatic carbocycles. The van der Waals surface area contributed by atoms with E-state index in [4.69, 9.17) is 29.4 Å². The van der Waals surface area contributed by atoms with Gasteiger partial charge in [0.2, 0.25) is 0 Å². The van der Waals surface area contributed by atoms with Crippen LogP contribution in [0.5, 0.6) is 23.0 Å². The Bertz CT molecular complexity index is 6760. The highest BCUT2D eigenvalue weighted by atomic mass is 16.5. The molecule has 0 saturated carbocycles. The van der Waals surface area contributed by atoms with Crippen LogP contribution in [-0.2, 0) is 10.8 Å². The van der Waals surface area contributed by atoms with Gasteiger partial charge in [-0.3, -0.25) is 0 Å². The highest BCUT2D eigenvalue weighted by molar-refractivity contribution is 5.95.